The zero-order chi connectivity index (χ0) is 8.59. The zero-order valence-electron chi connectivity index (χ0n) is 4.91. The molecule has 11 heavy (non-hydrogen) atoms. The number of aromatic nitrogens is 1. The predicted octanol–water partition coefficient (Wildman–Crippen LogP) is 3.32. The lowest BCUT2D eigenvalue weighted by atomic mass is 10.5. The highest BCUT2D eigenvalue weighted by atomic mass is 35.5. The second kappa shape index (κ2) is 3.31. The molecule has 0 aliphatic heterocycles. The standard InChI is InChI=1S/C5HCl4FN/c6-2-1-11(10)5(9)4(8)3(2)7/h1H/q+1. The Labute approximate surface area is 82.2 Å². The molecule has 1 heterocycles. The summed E-state index contributed by atoms with van der Waals surface area (Å²) in [6.45, 7) is 0. The van der Waals surface area contributed by atoms with Gasteiger partial charge in [0.05, 0.1) is 9.50 Å². The number of halogens is 5. The molecule has 0 N–H and O–H groups in total. The summed E-state index contributed by atoms with van der Waals surface area (Å²) in [7, 11) is 0. The summed E-state index contributed by atoms with van der Waals surface area (Å²) >= 11 is 21.8. The minimum Gasteiger partial charge on any atom is -0.0805 e. The number of pyridine rings is 1. The third-order valence-corrected chi connectivity index (χ3v) is 2.69. The van der Waals surface area contributed by atoms with E-state index >= 15 is 0 Å². The lowest BCUT2D eigenvalue weighted by molar-refractivity contribution is -0.841. The quantitative estimate of drug-likeness (QED) is 0.608. The molecule has 60 valence electrons. The van der Waals surface area contributed by atoms with Gasteiger partial charge in [0.2, 0.25) is 6.20 Å². The van der Waals surface area contributed by atoms with Crippen molar-refractivity contribution in [1.82, 2.24) is 0 Å². The number of hydrogen-bond donors (Lipinski definition) is 0. The lowest BCUT2D eigenvalue weighted by Crippen LogP contribution is -2.23. The summed E-state index contributed by atoms with van der Waals surface area (Å²) in [5.41, 5.74) is 0. The monoisotopic (exact) mass is 234 g/mol. The molecule has 0 spiro atoms. The van der Waals surface area contributed by atoms with Crippen LogP contribution in [-0.2, 0) is 0 Å². The second-order valence-corrected chi connectivity index (χ2v) is 3.23. The number of rotatable bonds is 0. The first-order valence-electron chi connectivity index (χ1n) is 2.45. The average molecular weight is 236 g/mol. The first-order chi connectivity index (χ1) is 5.04. The molecule has 1 rings (SSSR count). The van der Waals surface area contributed by atoms with Crippen LogP contribution in [0.15, 0.2) is 6.20 Å². The van der Waals surface area contributed by atoms with E-state index in [1.807, 2.05) is 0 Å². The molecule has 0 bridgehead atoms. The summed E-state index contributed by atoms with van der Waals surface area (Å²) < 4.78 is 12.6. The molecule has 0 aliphatic carbocycles. The molecule has 1 aromatic heterocycles. The van der Waals surface area contributed by atoms with Crippen LogP contribution < -0.4 is 4.79 Å². The third-order valence-electron chi connectivity index (χ3n) is 0.998. The van der Waals surface area contributed by atoms with E-state index in [0.717, 1.165) is 6.20 Å². The van der Waals surface area contributed by atoms with Gasteiger partial charge in [0.25, 0.3) is 0 Å². The summed E-state index contributed by atoms with van der Waals surface area (Å²) in [6, 6.07) is 0. The Bertz CT molecular complexity index is 275. The van der Waals surface area contributed by atoms with Crippen LogP contribution in [0.3, 0.4) is 0 Å². The fourth-order valence-electron chi connectivity index (χ4n) is 0.502. The van der Waals surface area contributed by atoms with Gasteiger partial charge in [0.1, 0.15) is 10.0 Å². The SMILES string of the molecule is F[n+]1cc(Cl)c(Cl)c(Cl)c1Cl. The van der Waals surface area contributed by atoms with Crippen LogP contribution in [0.1, 0.15) is 0 Å². The summed E-state index contributed by atoms with van der Waals surface area (Å²) in [5.74, 6) is 0. The van der Waals surface area contributed by atoms with Crippen molar-refractivity contribution in [3.05, 3.63) is 26.4 Å². The minimum atomic E-state index is -0.291. The van der Waals surface area contributed by atoms with E-state index in [4.69, 9.17) is 46.4 Å². The van der Waals surface area contributed by atoms with Crippen LogP contribution in [0, 0.1) is 0 Å². The van der Waals surface area contributed by atoms with E-state index in [9.17, 15) is 4.48 Å². The maximum atomic E-state index is 12.6. The molecule has 0 radical (unpaired) electrons. The molecule has 1 nitrogen and oxygen atoms in total. The van der Waals surface area contributed by atoms with Crippen molar-refractivity contribution in [2.45, 2.75) is 0 Å². The van der Waals surface area contributed by atoms with Crippen molar-refractivity contribution in [3.8, 4) is 0 Å². The molecular weight excluding hydrogens is 235 g/mol. The molecule has 0 unspecified atom stereocenters. The van der Waals surface area contributed by atoms with Crippen molar-refractivity contribution >= 4 is 46.4 Å². The highest BCUT2D eigenvalue weighted by molar-refractivity contribution is 6.50. The van der Waals surface area contributed by atoms with Gasteiger partial charge in [-0.25, -0.2) is 0 Å². The fourth-order valence-corrected chi connectivity index (χ4v) is 1.24. The zero-order valence-corrected chi connectivity index (χ0v) is 7.94. The van der Waals surface area contributed by atoms with E-state index in [1.54, 1.807) is 0 Å². The van der Waals surface area contributed by atoms with Crippen LogP contribution in [0.4, 0.5) is 4.48 Å². The topological polar surface area (TPSA) is 3.88 Å². The summed E-state index contributed by atoms with van der Waals surface area (Å²) in [5, 5.41) is -0.319. The van der Waals surface area contributed by atoms with E-state index in [0.29, 0.717) is 0 Å². The van der Waals surface area contributed by atoms with Gasteiger partial charge in [-0.1, -0.05) is 34.8 Å². The first kappa shape index (κ1) is 9.33. The molecule has 0 aliphatic rings. The van der Waals surface area contributed by atoms with Gasteiger partial charge in [-0.15, -0.1) is 0 Å². The normalized spacial score (nSPS) is 10.3. The second-order valence-electron chi connectivity index (χ2n) is 1.71. The Hall–Kier alpha value is 0.240. The van der Waals surface area contributed by atoms with E-state index in [1.165, 1.54) is 0 Å². The van der Waals surface area contributed by atoms with Crippen molar-refractivity contribution in [2.24, 2.45) is 0 Å². The van der Waals surface area contributed by atoms with Crippen molar-refractivity contribution in [2.75, 3.05) is 0 Å². The fraction of sp³-hybridized carbons (Fsp3) is 0. The smallest absolute Gasteiger partial charge is 0.0805 e. The molecule has 0 atom stereocenters. The molecule has 0 saturated carbocycles. The van der Waals surface area contributed by atoms with E-state index in [-0.39, 0.29) is 25.0 Å². The number of hydrogen-bond acceptors (Lipinski definition) is 0. The van der Waals surface area contributed by atoms with Gasteiger partial charge in [-0.05, 0) is 11.6 Å². The molecule has 0 amide bonds. The predicted molar refractivity (Wildman–Crippen MR) is 43.2 cm³/mol. The lowest BCUT2D eigenvalue weighted by Gasteiger charge is -1.93. The van der Waals surface area contributed by atoms with Crippen molar-refractivity contribution in [1.29, 1.82) is 0 Å². The Morgan fingerprint density at radius 1 is 1.09 bits per heavy atom. The number of nitrogens with zero attached hydrogens (tertiary/aromatic N) is 1. The van der Waals surface area contributed by atoms with Crippen molar-refractivity contribution in [3.63, 3.8) is 0 Å². The highest BCUT2D eigenvalue weighted by Gasteiger charge is 2.20. The van der Waals surface area contributed by atoms with E-state index in [2.05, 4.69) is 0 Å². The molecular formula is C5HCl4FN+. The van der Waals surface area contributed by atoms with Crippen LogP contribution in [0.2, 0.25) is 20.2 Å². The van der Waals surface area contributed by atoms with Crippen LogP contribution in [0.25, 0.3) is 0 Å². The Morgan fingerprint density at radius 2 is 1.64 bits per heavy atom. The minimum absolute atomic E-state index is 0.0172. The summed E-state index contributed by atoms with van der Waals surface area (Å²) in [6.07, 6.45) is 0.929. The Kier molecular flexibility index (Phi) is 2.81. The highest BCUT2D eigenvalue weighted by Crippen LogP contribution is 2.32. The average Bonchev–Trinajstić information content (AvgIpc) is 1.97. The summed E-state index contributed by atoms with van der Waals surface area (Å²) in [4.78, 5) is 0.0953. The van der Waals surface area contributed by atoms with E-state index < -0.39 is 0 Å². The van der Waals surface area contributed by atoms with Gasteiger partial charge in [-0.3, -0.25) is 0 Å². The molecule has 0 fully saturated rings. The first-order valence-corrected chi connectivity index (χ1v) is 3.96. The Balaban J connectivity index is 3.46. The molecule has 1 aromatic rings. The van der Waals surface area contributed by atoms with Gasteiger partial charge < -0.3 is 0 Å². The molecule has 0 aromatic carbocycles. The molecule has 0 saturated heterocycles. The van der Waals surface area contributed by atoms with Gasteiger partial charge in [0.15, 0.2) is 0 Å². The van der Waals surface area contributed by atoms with Gasteiger partial charge >= 0.3 is 5.15 Å². The van der Waals surface area contributed by atoms with Crippen molar-refractivity contribution < 1.29 is 9.27 Å². The maximum absolute atomic E-state index is 12.6. The molecule has 6 heteroatoms. The van der Waals surface area contributed by atoms with Gasteiger partial charge in [0, 0.05) is 4.79 Å². The largest absolute Gasteiger partial charge is 0.342 e. The Morgan fingerprint density at radius 3 is 2.18 bits per heavy atom. The third kappa shape index (κ3) is 1.70. The van der Waals surface area contributed by atoms with Crippen LogP contribution in [-0.4, -0.2) is 0 Å². The maximum Gasteiger partial charge on any atom is 0.342 e. The van der Waals surface area contributed by atoms with Gasteiger partial charge in [-0.2, -0.15) is 0 Å². The van der Waals surface area contributed by atoms with Crippen LogP contribution in [0.5, 0.6) is 0 Å². The van der Waals surface area contributed by atoms with Crippen LogP contribution >= 0.6 is 46.4 Å².